The number of ether oxygens (including phenoxy) is 3. The summed E-state index contributed by atoms with van der Waals surface area (Å²) in [5.41, 5.74) is 0.504. The van der Waals surface area contributed by atoms with E-state index in [2.05, 4.69) is 10.8 Å². The van der Waals surface area contributed by atoms with Gasteiger partial charge in [0.2, 0.25) is 0 Å². The summed E-state index contributed by atoms with van der Waals surface area (Å²) in [4.78, 5) is 23.4. The van der Waals surface area contributed by atoms with Gasteiger partial charge in [-0.15, -0.1) is 0 Å². The van der Waals surface area contributed by atoms with Crippen molar-refractivity contribution in [2.24, 2.45) is 0 Å². The molecule has 1 aliphatic rings. The van der Waals surface area contributed by atoms with E-state index in [4.69, 9.17) is 9.47 Å². The van der Waals surface area contributed by atoms with Gasteiger partial charge in [0.05, 0.1) is 19.8 Å². The molecular formula is C16H18O5. The molecule has 0 heterocycles. The summed E-state index contributed by atoms with van der Waals surface area (Å²) in [6, 6.07) is 4.60. The van der Waals surface area contributed by atoms with Gasteiger partial charge >= 0.3 is 11.9 Å². The molecule has 112 valence electrons. The lowest BCUT2D eigenvalue weighted by Gasteiger charge is -2.20. The Bertz CT molecular complexity index is 562. The van der Waals surface area contributed by atoms with Gasteiger partial charge < -0.3 is 14.2 Å². The Morgan fingerprint density at radius 2 is 1.90 bits per heavy atom. The number of hydrogen-bond donors (Lipinski definition) is 0. The van der Waals surface area contributed by atoms with E-state index in [1.165, 1.54) is 20.3 Å². The third-order valence-corrected chi connectivity index (χ3v) is 3.29. The second-order valence-electron chi connectivity index (χ2n) is 4.71. The zero-order valence-corrected chi connectivity index (χ0v) is 12.1. The summed E-state index contributed by atoms with van der Waals surface area (Å²) in [7, 11) is 2.58. The molecule has 0 spiro atoms. The smallest absolute Gasteiger partial charge is 0.341 e. The maximum atomic E-state index is 11.9. The van der Waals surface area contributed by atoms with Crippen LogP contribution >= 0.6 is 0 Å². The first kappa shape index (κ1) is 15.1. The standard InChI is InChI=1S/C16H18O5/c1-19-15(17)11-8-9-14(13(10-11)16(18)20-2)21-12-6-4-3-5-7-12/h4,6,8-10,12H,3,5,7H2,1-2H3. The molecule has 0 fully saturated rings. The van der Waals surface area contributed by atoms with E-state index in [9.17, 15) is 9.59 Å². The normalized spacial score (nSPS) is 17.1. The van der Waals surface area contributed by atoms with Crippen LogP contribution in [0.4, 0.5) is 0 Å². The highest BCUT2D eigenvalue weighted by molar-refractivity contribution is 5.97. The first-order valence-corrected chi connectivity index (χ1v) is 6.79. The Morgan fingerprint density at radius 1 is 1.14 bits per heavy atom. The van der Waals surface area contributed by atoms with Gasteiger partial charge in [-0.05, 0) is 43.5 Å². The Labute approximate surface area is 123 Å². The van der Waals surface area contributed by atoms with Gasteiger partial charge in [-0.25, -0.2) is 9.59 Å². The molecule has 1 aromatic carbocycles. The quantitative estimate of drug-likeness (QED) is 0.630. The number of carbonyl (C=O) groups is 2. The Balaban J connectivity index is 2.30. The molecule has 0 aromatic heterocycles. The SMILES string of the molecule is COC(=O)c1ccc(OC2C=CCCC2)c(C(=O)OC)c1. The highest BCUT2D eigenvalue weighted by atomic mass is 16.5. The van der Waals surface area contributed by atoms with Crippen LogP contribution in [0.3, 0.4) is 0 Å². The number of esters is 2. The summed E-state index contributed by atoms with van der Waals surface area (Å²) >= 11 is 0. The number of hydrogen-bond acceptors (Lipinski definition) is 5. The second kappa shape index (κ2) is 6.92. The molecule has 21 heavy (non-hydrogen) atoms. The maximum absolute atomic E-state index is 11.9. The lowest BCUT2D eigenvalue weighted by molar-refractivity contribution is 0.0593. The molecule has 5 heteroatoms. The fraction of sp³-hybridized carbons (Fsp3) is 0.375. The number of rotatable bonds is 4. The molecule has 1 atom stereocenters. The second-order valence-corrected chi connectivity index (χ2v) is 4.71. The van der Waals surface area contributed by atoms with Crippen molar-refractivity contribution in [1.29, 1.82) is 0 Å². The van der Waals surface area contributed by atoms with Crippen molar-refractivity contribution >= 4 is 11.9 Å². The zero-order chi connectivity index (χ0) is 15.2. The van der Waals surface area contributed by atoms with E-state index >= 15 is 0 Å². The zero-order valence-electron chi connectivity index (χ0n) is 12.1. The first-order chi connectivity index (χ1) is 10.2. The van der Waals surface area contributed by atoms with Crippen molar-refractivity contribution in [3.8, 4) is 5.75 Å². The number of benzene rings is 1. The molecule has 5 nitrogen and oxygen atoms in total. The van der Waals surface area contributed by atoms with Gasteiger partial charge in [-0.1, -0.05) is 6.08 Å². The van der Waals surface area contributed by atoms with Gasteiger partial charge in [0, 0.05) is 0 Å². The van der Waals surface area contributed by atoms with Crippen LogP contribution in [0.1, 0.15) is 40.0 Å². The number of methoxy groups -OCH3 is 2. The van der Waals surface area contributed by atoms with Crippen molar-refractivity contribution in [1.82, 2.24) is 0 Å². The minimum atomic E-state index is -0.546. The van der Waals surface area contributed by atoms with Crippen molar-refractivity contribution in [3.05, 3.63) is 41.5 Å². The highest BCUT2D eigenvalue weighted by Gasteiger charge is 2.19. The average molecular weight is 290 g/mol. The third kappa shape index (κ3) is 3.62. The molecule has 2 rings (SSSR count). The number of carbonyl (C=O) groups excluding carboxylic acids is 2. The van der Waals surface area contributed by atoms with E-state index in [1.54, 1.807) is 12.1 Å². The van der Waals surface area contributed by atoms with Crippen LogP contribution in [0.5, 0.6) is 5.75 Å². The molecule has 0 amide bonds. The molecule has 0 saturated heterocycles. The van der Waals surface area contributed by atoms with Crippen LogP contribution in [0, 0.1) is 0 Å². The first-order valence-electron chi connectivity index (χ1n) is 6.79. The topological polar surface area (TPSA) is 61.8 Å². The lowest BCUT2D eigenvalue weighted by Crippen LogP contribution is -2.18. The Hall–Kier alpha value is -2.30. The molecule has 0 saturated carbocycles. The molecule has 0 bridgehead atoms. The minimum absolute atomic E-state index is 0.0638. The molecule has 1 unspecified atom stereocenters. The largest absolute Gasteiger partial charge is 0.485 e. The van der Waals surface area contributed by atoms with Crippen molar-refractivity contribution in [3.63, 3.8) is 0 Å². The Morgan fingerprint density at radius 3 is 2.52 bits per heavy atom. The predicted molar refractivity (Wildman–Crippen MR) is 76.5 cm³/mol. The molecular weight excluding hydrogens is 272 g/mol. The van der Waals surface area contributed by atoms with E-state index in [1.807, 2.05) is 6.08 Å². The van der Waals surface area contributed by atoms with Crippen LogP contribution < -0.4 is 4.74 Å². The molecule has 0 N–H and O–H groups in total. The molecule has 1 aromatic rings. The fourth-order valence-electron chi connectivity index (χ4n) is 2.19. The van der Waals surface area contributed by atoms with Crippen LogP contribution in [0.25, 0.3) is 0 Å². The van der Waals surface area contributed by atoms with Crippen LogP contribution in [-0.2, 0) is 9.47 Å². The monoisotopic (exact) mass is 290 g/mol. The Kier molecular flexibility index (Phi) is 4.98. The lowest BCUT2D eigenvalue weighted by atomic mass is 10.0. The van der Waals surface area contributed by atoms with Crippen molar-refractivity contribution in [2.45, 2.75) is 25.4 Å². The van der Waals surface area contributed by atoms with Gasteiger partial charge in [0.1, 0.15) is 17.4 Å². The molecule has 0 radical (unpaired) electrons. The van der Waals surface area contributed by atoms with Crippen LogP contribution in [-0.4, -0.2) is 32.3 Å². The summed E-state index contributed by atoms with van der Waals surface area (Å²) in [5.74, 6) is -0.647. The van der Waals surface area contributed by atoms with E-state index in [0.29, 0.717) is 5.75 Å². The summed E-state index contributed by atoms with van der Waals surface area (Å²) in [5, 5.41) is 0. The molecule has 0 aliphatic heterocycles. The predicted octanol–water partition coefficient (Wildman–Crippen LogP) is 2.75. The third-order valence-electron chi connectivity index (χ3n) is 3.29. The number of allylic oxidation sites excluding steroid dienone is 1. The van der Waals surface area contributed by atoms with Crippen LogP contribution in [0.2, 0.25) is 0 Å². The summed E-state index contributed by atoms with van der Waals surface area (Å²) in [6.45, 7) is 0. The maximum Gasteiger partial charge on any atom is 0.341 e. The minimum Gasteiger partial charge on any atom is -0.485 e. The van der Waals surface area contributed by atoms with Gasteiger partial charge in [0.15, 0.2) is 0 Å². The van der Waals surface area contributed by atoms with Gasteiger partial charge in [-0.2, -0.15) is 0 Å². The fourth-order valence-corrected chi connectivity index (χ4v) is 2.19. The van der Waals surface area contributed by atoms with E-state index in [-0.39, 0.29) is 17.2 Å². The van der Waals surface area contributed by atoms with Crippen LogP contribution in [0.15, 0.2) is 30.4 Å². The average Bonchev–Trinajstić information content (AvgIpc) is 2.54. The summed E-state index contributed by atoms with van der Waals surface area (Å²) < 4.78 is 15.2. The van der Waals surface area contributed by atoms with E-state index < -0.39 is 11.9 Å². The van der Waals surface area contributed by atoms with Crippen molar-refractivity contribution < 1.29 is 23.8 Å². The van der Waals surface area contributed by atoms with Gasteiger partial charge in [-0.3, -0.25) is 0 Å². The summed E-state index contributed by atoms with van der Waals surface area (Å²) in [6.07, 6.45) is 6.98. The molecule has 1 aliphatic carbocycles. The van der Waals surface area contributed by atoms with Gasteiger partial charge in [0.25, 0.3) is 0 Å². The highest BCUT2D eigenvalue weighted by Crippen LogP contribution is 2.25. The van der Waals surface area contributed by atoms with E-state index in [0.717, 1.165) is 19.3 Å². The van der Waals surface area contributed by atoms with Crippen molar-refractivity contribution in [2.75, 3.05) is 14.2 Å².